The Morgan fingerprint density at radius 2 is 2.33 bits per heavy atom. The van der Waals surface area contributed by atoms with Crippen molar-refractivity contribution in [2.24, 2.45) is 17.6 Å². The summed E-state index contributed by atoms with van der Waals surface area (Å²) in [6.07, 6.45) is 1.37. The Bertz CT molecular complexity index is 49.9. The summed E-state index contributed by atoms with van der Waals surface area (Å²) in [6, 6.07) is 0. The van der Waals surface area contributed by atoms with Crippen molar-refractivity contribution in [2.75, 3.05) is 6.54 Å². The van der Waals surface area contributed by atoms with Gasteiger partial charge < -0.3 is 5.73 Å². The number of hydrogen-bond donors (Lipinski definition) is 1. The van der Waals surface area contributed by atoms with Crippen LogP contribution in [0, 0.1) is 11.8 Å². The molecule has 0 amide bonds. The molecule has 1 rings (SSSR count). The lowest BCUT2D eigenvalue weighted by molar-refractivity contribution is 0.761. The summed E-state index contributed by atoms with van der Waals surface area (Å²) >= 11 is 0. The summed E-state index contributed by atoms with van der Waals surface area (Å²) in [4.78, 5) is 0. The first kappa shape index (κ1) is 4.13. The van der Waals surface area contributed by atoms with Crippen LogP contribution in [0.3, 0.4) is 0 Å². The highest BCUT2D eigenvalue weighted by Gasteiger charge is 2.30. The molecule has 0 aromatic carbocycles. The van der Waals surface area contributed by atoms with Crippen LogP contribution in [0.5, 0.6) is 0 Å². The van der Waals surface area contributed by atoms with Crippen LogP contribution >= 0.6 is 0 Å². The van der Waals surface area contributed by atoms with E-state index in [2.05, 4.69) is 6.92 Å². The van der Waals surface area contributed by atoms with Gasteiger partial charge in [0, 0.05) is 0 Å². The second-order valence-electron chi connectivity index (χ2n) is 2.21. The Kier molecular flexibility index (Phi) is 0.845. The predicted octanol–water partition coefficient (Wildman–Crippen LogP) is 0.601. The molecule has 0 bridgehead atoms. The van der Waals surface area contributed by atoms with Gasteiger partial charge in [0.15, 0.2) is 0 Å². The number of nitrogens with two attached hydrogens (primary N) is 1. The van der Waals surface area contributed by atoms with Crippen LogP contribution in [-0.2, 0) is 0 Å². The minimum Gasteiger partial charge on any atom is -0.330 e. The summed E-state index contributed by atoms with van der Waals surface area (Å²) in [6.45, 7) is 3.15. The SMILES string of the molecule is C[C@H]1C[C@@H]1CN. The summed E-state index contributed by atoms with van der Waals surface area (Å²) in [5.74, 6) is 1.82. The maximum atomic E-state index is 5.32. The summed E-state index contributed by atoms with van der Waals surface area (Å²) in [7, 11) is 0. The average molecular weight is 85.2 g/mol. The van der Waals surface area contributed by atoms with Crippen molar-refractivity contribution in [1.29, 1.82) is 0 Å². The fraction of sp³-hybridized carbons (Fsp3) is 1.00. The molecule has 0 aliphatic heterocycles. The second kappa shape index (κ2) is 1.23. The van der Waals surface area contributed by atoms with Crippen LogP contribution in [0.1, 0.15) is 13.3 Å². The van der Waals surface area contributed by atoms with Crippen LogP contribution in [0.25, 0.3) is 0 Å². The molecule has 2 atom stereocenters. The first-order valence-electron chi connectivity index (χ1n) is 2.54. The maximum Gasteiger partial charge on any atom is -0.00462 e. The van der Waals surface area contributed by atoms with Gasteiger partial charge >= 0.3 is 0 Å². The third-order valence-electron chi connectivity index (χ3n) is 1.58. The molecule has 1 aliphatic rings. The van der Waals surface area contributed by atoms with Crippen molar-refractivity contribution in [2.45, 2.75) is 13.3 Å². The van der Waals surface area contributed by atoms with Gasteiger partial charge in [-0.15, -0.1) is 0 Å². The number of rotatable bonds is 1. The average Bonchev–Trinajstić information content (AvgIpc) is 2.19. The summed E-state index contributed by atoms with van der Waals surface area (Å²) in [5, 5.41) is 0. The van der Waals surface area contributed by atoms with E-state index in [0.717, 1.165) is 18.4 Å². The highest BCUT2D eigenvalue weighted by atomic mass is 14.6. The molecule has 0 spiro atoms. The molecule has 1 nitrogen and oxygen atoms in total. The standard InChI is InChI=1S/C5H11N/c1-4-2-5(4)3-6/h4-5H,2-3,6H2,1H3/t4-,5+/m0/s1. The van der Waals surface area contributed by atoms with Crippen LogP contribution < -0.4 is 5.73 Å². The van der Waals surface area contributed by atoms with Gasteiger partial charge in [0.05, 0.1) is 0 Å². The van der Waals surface area contributed by atoms with E-state index in [9.17, 15) is 0 Å². The smallest absolute Gasteiger partial charge is 0.00462 e. The largest absolute Gasteiger partial charge is 0.330 e. The third-order valence-corrected chi connectivity index (χ3v) is 1.58. The lowest BCUT2D eigenvalue weighted by Gasteiger charge is -1.80. The normalized spacial score (nSPS) is 43.0. The van der Waals surface area contributed by atoms with E-state index in [1.807, 2.05) is 0 Å². The molecule has 1 aliphatic carbocycles. The molecule has 0 heterocycles. The molecule has 0 radical (unpaired) electrons. The van der Waals surface area contributed by atoms with Gasteiger partial charge in [0.25, 0.3) is 0 Å². The van der Waals surface area contributed by atoms with Gasteiger partial charge in [-0.1, -0.05) is 6.92 Å². The Morgan fingerprint density at radius 3 is 2.33 bits per heavy atom. The molecule has 1 saturated carbocycles. The van der Waals surface area contributed by atoms with Gasteiger partial charge in [0.2, 0.25) is 0 Å². The molecular weight excluding hydrogens is 74.1 g/mol. The zero-order chi connectivity index (χ0) is 4.57. The van der Waals surface area contributed by atoms with Gasteiger partial charge in [-0.25, -0.2) is 0 Å². The first-order valence-corrected chi connectivity index (χ1v) is 2.54. The maximum absolute atomic E-state index is 5.32. The van der Waals surface area contributed by atoms with E-state index in [0.29, 0.717) is 0 Å². The van der Waals surface area contributed by atoms with Crippen molar-refractivity contribution in [1.82, 2.24) is 0 Å². The fourth-order valence-electron chi connectivity index (χ4n) is 0.728. The van der Waals surface area contributed by atoms with Crippen molar-refractivity contribution < 1.29 is 0 Å². The summed E-state index contributed by atoms with van der Waals surface area (Å²) < 4.78 is 0. The molecule has 6 heavy (non-hydrogen) atoms. The van der Waals surface area contributed by atoms with E-state index in [-0.39, 0.29) is 0 Å². The minimum atomic E-state index is 0.880. The Balaban J connectivity index is 2.09. The fourth-order valence-corrected chi connectivity index (χ4v) is 0.728. The highest BCUT2D eigenvalue weighted by molar-refractivity contribution is 4.82. The Morgan fingerprint density at radius 1 is 1.83 bits per heavy atom. The monoisotopic (exact) mass is 85.1 g/mol. The van der Waals surface area contributed by atoms with Crippen molar-refractivity contribution in [3.63, 3.8) is 0 Å². The van der Waals surface area contributed by atoms with Crippen LogP contribution in [0.4, 0.5) is 0 Å². The van der Waals surface area contributed by atoms with Crippen LogP contribution in [0.15, 0.2) is 0 Å². The van der Waals surface area contributed by atoms with Crippen LogP contribution in [-0.4, -0.2) is 6.54 Å². The summed E-state index contributed by atoms with van der Waals surface area (Å²) in [5.41, 5.74) is 5.32. The van der Waals surface area contributed by atoms with Crippen molar-refractivity contribution in [3.8, 4) is 0 Å². The zero-order valence-electron chi connectivity index (χ0n) is 4.15. The van der Waals surface area contributed by atoms with E-state index in [1.165, 1.54) is 6.42 Å². The van der Waals surface area contributed by atoms with E-state index in [1.54, 1.807) is 0 Å². The van der Waals surface area contributed by atoms with Crippen molar-refractivity contribution in [3.05, 3.63) is 0 Å². The molecule has 2 N–H and O–H groups in total. The molecule has 1 fully saturated rings. The Labute approximate surface area is 38.5 Å². The zero-order valence-corrected chi connectivity index (χ0v) is 4.15. The Hall–Kier alpha value is -0.0400. The molecule has 0 unspecified atom stereocenters. The first-order chi connectivity index (χ1) is 2.84. The predicted molar refractivity (Wildman–Crippen MR) is 26.3 cm³/mol. The topological polar surface area (TPSA) is 26.0 Å². The third kappa shape index (κ3) is 0.548. The van der Waals surface area contributed by atoms with E-state index >= 15 is 0 Å². The van der Waals surface area contributed by atoms with Crippen molar-refractivity contribution >= 4 is 0 Å². The van der Waals surface area contributed by atoms with Gasteiger partial charge in [0.1, 0.15) is 0 Å². The van der Waals surface area contributed by atoms with E-state index < -0.39 is 0 Å². The molecule has 1 heteroatoms. The molecule has 0 saturated heterocycles. The highest BCUT2D eigenvalue weighted by Crippen LogP contribution is 2.35. The lowest BCUT2D eigenvalue weighted by atomic mass is 10.3. The van der Waals surface area contributed by atoms with Gasteiger partial charge in [-0.3, -0.25) is 0 Å². The minimum absolute atomic E-state index is 0.880. The van der Waals surface area contributed by atoms with E-state index in [4.69, 9.17) is 5.73 Å². The van der Waals surface area contributed by atoms with Crippen LogP contribution in [0.2, 0.25) is 0 Å². The van der Waals surface area contributed by atoms with Gasteiger partial charge in [-0.05, 0) is 24.8 Å². The molecule has 36 valence electrons. The number of hydrogen-bond acceptors (Lipinski definition) is 1. The molecule has 0 aromatic rings. The quantitative estimate of drug-likeness (QED) is 0.495. The second-order valence-corrected chi connectivity index (χ2v) is 2.21. The lowest BCUT2D eigenvalue weighted by Crippen LogP contribution is -2.00. The molecular formula is C5H11N. The molecule has 0 aromatic heterocycles. The van der Waals surface area contributed by atoms with Gasteiger partial charge in [-0.2, -0.15) is 0 Å².